The van der Waals surface area contributed by atoms with Gasteiger partial charge in [0.2, 0.25) is 0 Å². The van der Waals surface area contributed by atoms with Gasteiger partial charge in [0, 0.05) is 54.1 Å². The first-order valence-electron chi connectivity index (χ1n) is 14.0. The van der Waals surface area contributed by atoms with Gasteiger partial charge in [0.15, 0.2) is 0 Å². The maximum atomic E-state index is 14.9. The number of carboxylic acids is 1. The number of aryl methyl sites for hydroxylation is 1. The number of hydrogen-bond donors (Lipinski definition) is 3. The molecule has 0 aliphatic heterocycles. The van der Waals surface area contributed by atoms with Gasteiger partial charge < -0.3 is 20.3 Å². The lowest BCUT2D eigenvalue weighted by Gasteiger charge is -2.22. The molecule has 3 heterocycles. The molecule has 14 heteroatoms. The predicted octanol–water partition coefficient (Wildman–Crippen LogP) is 5.61. The third-order valence-electron chi connectivity index (χ3n) is 7.62. The van der Waals surface area contributed by atoms with Crippen LogP contribution in [-0.2, 0) is 18.3 Å². The summed E-state index contributed by atoms with van der Waals surface area (Å²) < 4.78 is 70.5. The molecule has 0 aliphatic rings. The van der Waals surface area contributed by atoms with Crippen LogP contribution in [0.5, 0.6) is 0 Å². The Morgan fingerprint density at radius 2 is 1.74 bits per heavy atom. The molecule has 0 saturated carbocycles. The smallest absolute Gasteiger partial charge is 0.408 e. The van der Waals surface area contributed by atoms with Crippen LogP contribution in [0.25, 0.3) is 32.9 Å². The third-order valence-corrected chi connectivity index (χ3v) is 7.62. The van der Waals surface area contributed by atoms with Crippen molar-refractivity contribution in [2.24, 2.45) is 7.05 Å². The number of fused-ring (bicyclic) bond motifs is 2. The monoisotopic (exact) mass is 639 g/mol. The molecule has 0 radical (unpaired) electrons. The zero-order valence-electron chi connectivity index (χ0n) is 24.3. The maximum absolute atomic E-state index is 14.9. The molecule has 9 nitrogen and oxygen atoms in total. The Kier molecular flexibility index (Phi) is 8.72. The zero-order valence-corrected chi connectivity index (χ0v) is 24.3. The molecular formula is C32H26F5N5O4. The lowest BCUT2D eigenvalue weighted by Crippen LogP contribution is -2.43. The van der Waals surface area contributed by atoms with Gasteiger partial charge in [-0.1, -0.05) is 25.1 Å². The molecular weight excluding hydrogens is 613 g/mol. The van der Waals surface area contributed by atoms with Crippen molar-refractivity contribution in [2.75, 3.05) is 5.32 Å². The second kappa shape index (κ2) is 12.5. The molecule has 2 atom stereocenters. The van der Waals surface area contributed by atoms with Crippen LogP contribution >= 0.6 is 0 Å². The van der Waals surface area contributed by atoms with Gasteiger partial charge in [0.05, 0.1) is 16.6 Å². The summed E-state index contributed by atoms with van der Waals surface area (Å²) in [6.45, 7) is 1.24. The van der Waals surface area contributed by atoms with Crippen molar-refractivity contribution in [3.05, 3.63) is 100 Å². The van der Waals surface area contributed by atoms with E-state index in [-0.39, 0.29) is 12.0 Å². The van der Waals surface area contributed by atoms with E-state index in [0.717, 1.165) is 0 Å². The minimum absolute atomic E-state index is 0.303. The number of hydrogen-bond acceptors (Lipinski definition) is 6. The number of carbonyl (C=O) groups is 2. The van der Waals surface area contributed by atoms with Crippen molar-refractivity contribution in [2.45, 2.75) is 38.0 Å². The van der Waals surface area contributed by atoms with E-state index in [1.165, 1.54) is 17.7 Å². The van der Waals surface area contributed by atoms with Crippen LogP contribution < -0.4 is 16.2 Å². The van der Waals surface area contributed by atoms with Gasteiger partial charge in [-0.15, -0.1) is 0 Å². The molecule has 5 rings (SSSR count). The highest BCUT2D eigenvalue weighted by Crippen LogP contribution is 2.31. The van der Waals surface area contributed by atoms with E-state index < -0.39 is 59.4 Å². The highest BCUT2D eigenvalue weighted by atomic mass is 19.4. The fourth-order valence-electron chi connectivity index (χ4n) is 5.28. The summed E-state index contributed by atoms with van der Waals surface area (Å²) in [7, 11) is 1.62. The number of pyridine rings is 3. The summed E-state index contributed by atoms with van der Waals surface area (Å²) in [6.07, 6.45) is -0.761. The van der Waals surface area contributed by atoms with Crippen LogP contribution in [0, 0.1) is 11.6 Å². The van der Waals surface area contributed by atoms with E-state index >= 15 is 0 Å². The van der Waals surface area contributed by atoms with E-state index in [1.807, 2.05) is 5.32 Å². The first kappa shape index (κ1) is 32.0. The van der Waals surface area contributed by atoms with Crippen LogP contribution in [-0.4, -0.2) is 49.8 Å². The van der Waals surface area contributed by atoms with Crippen molar-refractivity contribution in [3.8, 4) is 11.1 Å². The molecule has 0 saturated heterocycles. The lowest BCUT2D eigenvalue weighted by molar-refractivity contribution is -0.143. The minimum Gasteiger partial charge on any atom is -0.480 e. The number of anilines is 1. The Bertz CT molecular complexity index is 2020. The Hall–Kier alpha value is -5.40. The molecule has 46 heavy (non-hydrogen) atoms. The number of amides is 1. The number of carbonyl (C=O) groups excluding carboxylic acids is 1. The van der Waals surface area contributed by atoms with Gasteiger partial charge in [-0.05, 0) is 42.3 Å². The van der Waals surface area contributed by atoms with Crippen molar-refractivity contribution in [3.63, 3.8) is 0 Å². The fraction of sp³-hybridized carbons (Fsp3) is 0.219. The van der Waals surface area contributed by atoms with Crippen LogP contribution in [0.15, 0.2) is 71.9 Å². The molecule has 3 aromatic heterocycles. The number of carboxylic acid groups (broad SMARTS) is 1. The summed E-state index contributed by atoms with van der Waals surface area (Å²) in [5.74, 6) is -5.88. The fourth-order valence-corrected chi connectivity index (χ4v) is 5.28. The standard InChI is InChI=1S/C32H26F5N5O4/c1-3-26(32(35,36)37)40-18-13-22(33)27(23(34)14-18)29(43)41-24(31(45)46)12-16-6-7-20(28-19(16)5-4-9-39-28)21-11-17-15-38-10-8-25(17)42(2)30(21)44/h4-11,13-15,24,26,40H,3,12H2,1-2H3,(H,41,43)(H,45,46)/t24-,26+/m0/s1. The number of rotatable bonds is 9. The largest absolute Gasteiger partial charge is 0.480 e. The maximum Gasteiger partial charge on any atom is 0.408 e. The molecule has 0 bridgehead atoms. The van der Waals surface area contributed by atoms with Gasteiger partial charge in [0.25, 0.3) is 11.5 Å². The summed E-state index contributed by atoms with van der Waals surface area (Å²) in [4.78, 5) is 46.9. The zero-order chi connectivity index (χ0) is 33.3. The van der Waals surface area contributed by atoms with Gasteiger partial charge in [-0.3, -0.25) is 19.6 Å². The molecule has 5 aromatic rings. The Morgan fingerprint density at radius 1 is 1.02 bits per heavy atom. The van der Waals surface area contributed by atoms with Gasteiger partial charge in [-0.25, -0.2) is 13.6 Å². The number of aliphatic carboxylic acids is 1. The van der Waals surface area contributed by atoms with E-state index in [1.54, 1.807) is 55.8 Å². The Balaban J connectivity index is 1.45. The lowest BCUT2D eigenvalue weighted by atomic mass is 9.95. The molecule has 238 valence electrons. The van der Waals surface area contributed by atoms with Crippen molar-refractivity contribution in [1.82, 2.24) is 19.9 Å². The van der Waals surface area contributed by atoms with Gasteiger partial charge in [0.1, 0.15) is 29.3 Å². The molecule has 2 aromatic carbocycles. The average Bonchev–Trinajstić information content (AvgIpc) is 3.00. The first-order chi connectivity index (χ1) is 21.8. The van der Waals surface area contributed by atoms with Gasteiger partial charge >= 0.3 is 12.1 Å². The van der Waals surface area contributed by atoms with Crippen LogP contribution in [0.1, 0.15) is 29.3 Å². The number of alkyl halides is 3. The van der Waals surface area contributed by atoms with Crippen LogP contribution in [0.3, 0.4) is 0 Å². The Morgan fingerprint density at radius 3 is 2.39 bits per heavy atom. The third kappa shape index (κ3) is 6.23. The predicted molar refractivity (Wildman–Crippen MR) is 160 cm³/mol. The second-order valence-corrected chi connectivity index (χ2v) is 10.6. The molecule has 0 unspecified atom stereocenters. The number of nitrogens with zero attached hydrogens (tertiary/aromatic N) is 3. The van der Waals surface area contributed by atoms with E-state index in [0.29, 0.717) is 50.6 Å². The molecule has 0 aliphatic carbocycles. The van der Waals surface area contributed by atoms with Crippen molar-refractivity contribution in [1.29, 1.82) is 0 Å². The summed E-state index contributed by atoms with van der Waals surface area (Å²) in [6, 6.07) is 7.13. The number of nitrogens with one attached hydrogen (secondary N) is 2. The van der Waals surface area contributed by atoms with E-state index in [9.17, 15) is 41.4 Å². The quantitative estimate of drug-likeness (QED) is 0.179. The van der Waals surface area contributed by atoms with E-state index in [2.05, 4.69) is 15.3 Å². The van der Waals surface area contributed by atoms with Crippen LogP contribution in [0.4, 0.5) is 27.6 Å². The molecule has 0 spiro atoms. The SMILES string of the molecule is CC[C@@H](Nc1cc(F)c(C(=O)N[C@@H](Cc2ccc(-c3cc4cnccc4n(C)c3=O)c3ncccc23)C(=O)O)c(F)c1)C(F)(F)F. The highest BCUT2D eigenvalue weighted by molar-refractivity contribution is 5.99. The number of halogens is 5. The van der Waals surface area contributed by atoms with Crippen molar-refractivity contribution < 1.29 is 36.6 Å². The first-order valence-corrected chi connectivity index (χ1v) is 14.0. The number of benzene rings is 2. The Labute approximate surface area is 257 Å². The van der Waals surface area contributed by atoms with E-state index in [4.69, 9.17) is 0 Å². The van der Waals surface area contributed by atoms with Crippen molar-refractivity contribution >= 4 is 39.4 Å². The summed E-state index contributed by atoms with van der Waals surface area (Å²) in [5, 5.41) is 15.2. The summed E-state index contributed by atoms with van der Waals surface area (Å²) in [5.41, 5.74) is 0.242. The highest BCUT2D eigenvalue weighted by Gasteiger charge is 2.38. The second-order valence-electron chi connectivity index (χ2n) is 10.6. The topological polar surface area (TPSA) is 126 Å². The normalized spacial score (nSPS) is 13.0. The molecule has 0 fully saturated rings. The average molecular weight is 640 g/mol. The summed E-state index contributed by atoms with van der Waals surface area (Å²) >= 11 is 0. The number of aromatic nitrogens is 3. The minimum atomic E-state index is -4.69. The molecule has 3 N–H and O–H groups in total. The van der Waals surface area contributed by atoms with Crippen LogP contribution in [0.2, 0.25) is 0 Å². The van der Waals surface area contributed by atoms with Gasteiger partial charge in [-0.2, -0.15) is 13.2 Å². The molecule has 1 amide bonds.